The smallest absolute Gasteiger partial charge is 0.144 e. The van der Waals surface area contributed by atoms with Crippen LogP contribution in [0.15, 0.2) is 0 Å². The van der Waals surface area contributed by atoms with Crippen LogP contribution >= 0.6 is 31.4 Å². The van der Waals surface area contributed by atoms with E-state index in [2.05, 4.69) is 13.8 Å². The maximum Gasteiger partial charge on any atom is 0.144 e. The van der Waals surface area contributed by atoms with Crippen molar-refractivity contribution in [1.82, 2.24) is 0 Å². The van der Waals surface area contributed by atoms with Gasteiger partial charge in [0.1, 0.15) is 10.8 Å². The van der Waals surface area contributed by atoms with Crippen molar-refractivity contribution in [1.29, 1.82) is 0 Å². The normalized spacial score (nSPS) is 13.4. The van der Waals surface area contributed by atoms with Crippen LogP contribution in [-0.2, 0) is 18.9 Å². The Morgan fingerprint density at radius 2 is 0.968 bits per heavy atom. The Bertz CT molecular complexity index is 354. The molecule has 0 rings (SSSR count). The number of hydrogen-bond acceptors (Lipinski definition) is 7. The number of methoxy groups -OCH3 is 4. The van der Waals surface area contributed by atoms with Crippen molar-refractivity contribution in [3.63, 3.8) is 0 Å². The van der Waals surface area contributed by atoms with Gasteiger partial charge in [-0.2, -0.15) is 0 Å². The predicted octanol–water partition coefficient (Wildman–Crippen LogP) is 6.02. The lowest BCUT2D eigenvalue weighted by molar-refractivity contribution is -0.149. The molecular formula is C22H50O4S3Si2. The summed E-state index contributed by atoms with van der Waals surface area (Å²) >= 11 is 0. The minimum absolute atomic E-state index is 0.253. The Kier molecular flexibility index (Phi) is 22.8. The standard InChI is InChI=1S/C22H50O4S3Si2/c1-7-9-11-19-30-21(23-3,24-4)15-13-17-27-29-28-18-14-16-22(25-5,26-6)31-20-12-10-8-2/h7-20,30-31H2,1-6H3. The predicted molar refractivity (Wildman–Crippen MR) is 150 cm³/mol. The third-order valence-corrected chi connectivity index (χ3v) is 15.5. The third-order valence-electron chi connectivity index (χ3n) is 5.98. The highest BCUT2D eigenvalue weighted by Gasteiger charge is 2.29. The second kappa shape index (κ2) is 21.8. The van der Waals surface area contributed by atoms with Gasteiger partial charge in [-0.05, 0) is 35.5 Å². The molecule has 0 N–H and O–H groups in total. The molecule has 0 atom stereocenters. The second-order valence-corrected chi connectivity index (χ2v) is 17.2. The molecule has 0 heterocycles. The van der Waals surface area contributed by atoms with Crippen molar-refractivity contribution in [3.05, 3.63) is 0 Å². The van der Waals surface area contributed by atoms with Crippen molar-refractivity contribution >= 4 is 50.5 Å². The number of unbranched alkanes of at least 4 members (excludes halogenated alkanes) is 4. The molecule has 0 unspecified atom stereocenters. The minimum Gasteiger partial charge on any atom is -0.358 e. The highest BCUT2D eigenvalue weighted by molar-refractivity contribution is 9.09. The lowest BCUT2D eigenvalue weighted by atomic mass is 10.3. The zero-order chi connectivity index (χ0) is 23.3. The Morgan fingerprint density at radius 3 is 1.29 bits per heavy atom. The first-order valence-corrected chi connectivity index (χ1v) is 19.4. The Hall–Kier alpha value is 1.32. The second-order valence-electron chi connectivity index (χ2n) is 8.18. The van der Waals surface area contributed by atoms with E-state index in [1.54, 1.807) is 0 Å². The number of hydrogen-bond donors (Lipinski definition) is 0. The molecule has 9 heteroatoms. The van der Waals surface area contributed by atoms with E-state index in [1.165, 1.54) is 50.6 Å². The van der Waals surface area contributed by atoms with Crippen LogP contribution in [0.3, 0.4) is 0 Å². The SMILES string of the molecule is CCCCC[SiH2]C(CCCSSSCCCC(OC)(OC)[SiH2]CCCCC)(OC)OC. The average molecular weight is 531 g/mol. The molecule has 0 spiro atoms. The van der Waals surface area contributed by atoms with Crippen LogP contribution in [0.2, 0.25) is 12.1 Å². The molecule has 0 amide bonds. The van der Waals surface area contributed by atoms with Crippen LogP contribution in [0.4, 0.5) is 0 Å². The van der Waals surface area contributed by atoms with Gasteiger partial charge in [0.15, 0.2) is 0 Å². The van der Waals surface area contributed by atoms with Crippen molar-refractivity contribution in [3.8, 4) is 0 Å². The summed E-state index contributed by atoms with van der Waals surface area (Å²) in [6, 6.07) is 2.64. The van der Waals surface area contributed by atoms with Gasteiger partial charge in [0.25, 0.3) is 0 Å². The van der Waals surface area contributed by atoms with Crippen molar-refractivity contribution in [2.24, 2.45) is 0 Å². The van der Waals surface area contributed by atoms with E-state index >= 15 is 0 Å². The van der Waals surface area contributed by atoms with Gasteiger partial charge in [-0.25, -0.2) is 0 Å². The lowest BCUT2D eigenvalue weighted by Gasteiger charge is -2.31. The number of ether oxygens (including phenoxy) is 4. The van der Waals surface area contributed by atoms with Crippen molar-refractivity contribution < 1.29 is 18.9 Å². The maximum atomic E-state index is 5.82. The molecule has 0 saturated heterocycles. The summed E-state index contributed by atoms with van der Waals surface area (Å²) in [6.45, 7) is 4.52. The van der Waals surface area contributed by atoms with Gasteiger partial charge < -0.3 is 18.9 Å². The van der Waals surface area contributed by atoms with E-state index in [1.807, 2.05) is 59.9 Å². The Balaban J connectivity index is 3.92. The molecule has 0 radical (unpaired) electrons. The fourth-order valence-electron chi connectivity index (χ4n) is 3.78. The molecule has 0 aliphatic rings. The van der Waals surface area contributed by atoms with Gasteiger partial charge in [0.2, 0.25) is 0 Å². The van der Waals surface area contributed by atoms with Crippen LogP contribution < -0.4 is 0 Å². The maximum absolute atomic E-state index is 5.82. The van der Waals surface area contributed by atoms with E-state index in [0.29, 0.717) is 0 Å². The third kappa shape index (κ3) is 15.8. The molecule has 0 fully saturated rings. The molecule has 0 saturated carbocycles. The largest absolute Gasteiger partial charge is 0.358 e. The zero-order valence-electron chi connectivity index (χ0n) is 21.2. The molecular weight excluding hydrogens is 481 g/mol. The van der Waals surface area contributed by atoms with Crippen LogP contribution in [0.5, 0.6) is 0 Å². The Morgan fingerprint density at radius 1 is 0.581 bits per heavy atom. The van der Waals surface area contributed by atoms with Gasteiger partial charge in [0, 0.05) is 39.9 Å². The highest BCUT2D eigenvalue weighted by atomic mass is 33.5. The molecule has 4 nitrogen and oxygen atoms in total. The first kappa shape index (κ1) is 32.3. The summed E-state index contributed by atoms with van der Waals surface area (Å²) in [5, 5.41) is 0. The van der Waals surface area contributed by atoms with Gasteiger partial charge >= 0.3 is 0 Å². The zero-order valence-corrected chi connectivity index (χ0v) is 26.4. The van der Waals surface area contributed by atoms with E-state index in [9.17, 15) is 0 Å². The Labute approximate surface area is 209 Å². The van der Waals surface area contributed by atoms with Gasteiger partial charge in [-0.15, -0.1) is 0 Å². The molecule has 0 bridgehead atoms. The number of rotatable bonds is 24. The molecule has 0 aromatic heterocycles. The van der Waals surface area contributed by atoms with E-state index in [-0.39, 0.29) is 29.9 Å². The first-order chi connectivity index (χ1) is 15.1. The van der Waals surface area contributed by atoms with Crippen LogP contribution in [0, 0.1) is 0 Å². The topological polar surface area (TPSA) is 36.9 Å². The fourth-order valence-corrected chi connectivity index (χ4v) is 11.8. The molecule has 188 valence electrons. The first-order valence-electron chi connectivity index (χ1n) is 12.2. The molecule has 0 aliphatic heterocycles. The summed E-state index contributed by atoms with van der Waals surface area (Å²) in [5.74, 6) is 2.31. The summed E-state index contributed by atoms with van der Waals surface area (Å²) in [5.41, 5.74) is -0.506. The van der Waals surface area contributed by atoms with Crippen molar-refractivity contribution in [2.75, 3.05) is 39.9 Å². The monoisotopic (exact) mass is 530 g/mol. The van der Waals surface area contributed by atoms with Gasteiger partial charge in [0.05, 0.1) is 19.0 Å². The summed E-state index contributed by atoms with van der Waals surface area (Å²) in [7, 11) is 12.4. The molecule has 31 heavy (non-hydrogen) atoms. The van der Waals surface area contributed by atoms with Crippen molar-refractivity contribution in [2.45, 2.75) is 101 Å². The quantitative estimate of drug-likeness (QED) is 0.0653. The summed E-state index contributed by atoms with van der Waals surface area (Å²) in [4.78, 5) is 0. The van der Waals surface area contributed by atoms with Crippen LogP contribution in [0.1, 0.15) is 78.1 Å². The summed E-state index contributed by atoms with van der Waals surface area (Å²) in [6.07, 6.45) is 12.2. The van der Waals surface area contributed by atoms with E-state index in [0.717, 1.165) is 37.2 Å². The lowest BCUT2D eigenvalue weighted by Crippen LogP contribution is -2.40. The highest BCUT2D eigenvalue weighted by Crippen LogP contribution is 2.37. The molecule has 0 aliphatic carbocycles. The minimum atomic E-state index is -0.367. The van der Waals surface area contributed by atoms with E-state index < -0.39 is 0 Å². The van der Waals surface area contributed by atoms with Crippen LogP contribution in [-0.4, -0.2) is 69.8 Å². The fraction of sp³-hybridized carbons (Fsp3) is 1.00. The van der Waals surface area contributed by atoms with E-state index in [4.69, 9.17) is 18.9 Å². The molecule has 0 aromatic rings. The van der Waals surface area contributed by atoms with Crippen LogP contribution in [0.25, 0.3) is 0 Å². The van der Waals surface area contributed by atoms with Gasteiger partial charge in [-0.3, -0.25) is 0 Å². The van der Waals surface area contributed by atoms with Gasteiger partial charge in [-0.1, -0.05) is 86.0 Å². The molecule has 0 aromatic carbocycles. The average Bonchev–Trinajstić information content (AvgIpc) is 2.81. The summed E-state index contributed by atoms with van der Waals surface area (Å²) < 4.78 is 23.3.